The van der Waals surface area contributed by atoms with Gasteiger partial charge in [-0.25, -0.2) is 4.79 Å². The second kappa shape index (κ2) is 6.50. The smallest absolute Gasteiger partial charge is 0.340 e. The molecule has 2 aliphatic rings. The molecule has 2 fully saturated rings. The molecule has 2 aromatic heterocycles. The molecule has 2 aliphatic heterocycles. The summed E-state index contributed by atoms with van der Waals surface area (Å²) >= 11 is 1.39. The van der Waals surface area contributed by atoms with Crippen LogP contribution in [0.5, 0.6) is 0 Å². The number of carbonyl (C=O) groups is 1. The number of carbonyl (C=O) groups excluding carboxylic acids is 1. The molecule has 0 radical (unpaired) electrons. The fourth-order valence-electron chi connectivity index (χ4n) is 3.97. The first kappa shape index (κ1) is 16.0. The fraction of sp³-hybridized carbons (Fsp3) is 0.368. The first-order chi connectivity index (χ1) is 12.8. The maximum Gasteiger partial charge on any atom is 0.340 e. The quantitative estimate of drug-likeness (QED) is 0.719. The Labute approximate surface area is 154 Å². The largest absolute Gasteiger partial charge is 0.459 e. The summed E-state index contributed by atoms with van der Waals surface area (Å²) < 4.78 is 17.6. The number of fused-ring (bicyclic) bond motifs is 3. The molecule has 1 N–H and O–H groups in total. The van der Waals surface area contributed by atoms with E-state index in [9.17, 15) is 4.79 Å². The molecule has 3 atom stereocenters. The second-order valence-corrected chi connectivity index (χ2v) is 7.57. The minimum absolute atomic E-state index is 0.0624. The average molecular weight is 369 g/mol. The van der Waals surface area contributed by atoms with Crippen molar-refractivity contribution in [3.05, 3.63) is 47.6 Å². The number of hydrogen-bond acceptors (Lipinski definition) is 6. The minimum Gasteiger partial charge on any atom is -0.459 e. The van der Waals surface area contributed by atoms with Crippen LogP contribution in [0.25, 0.3) is 16.6 Å². The Morgan fingerprint density at radius 2 is 2.08 bits per heavy atom. The molecule has 1 unspecified atom stereocenters. The van der Waals surface area contributed by atoms with Crippen molar-refractivity contribution in [1.29, 1.82) is 0 Å². The molecule has 5 rings (SSSR count). The molecule has 3 aromatic rings. The molecule has 6 nitrogen and oxygen atoms in total. The van der Waals surface area contributed by atoms with Gasteiger partial charge in [0.05, 0.1) is 36.2 Å². The number of benzene rings is 1. The Kier molecular flexibility index (Phi) is 4.00. The van der Waals surface area contributed by atoms with Gasteiger partial charge in [0.25, 0.3) is 0 Å². The zero-order valence-electron chi connectivity index (χ0n) is 14.1. The van der Waals surface area contributed by atoms with Crippen LogP contribution in [0, 0.1) is 0 Å². The number of nitrogens with one attached hydrogen (secondary N) is 1. The maximum atomic E-state index is 12.9. The molecular weight excluding hydrogens is 350 g/mol. The normalized spacial score (nSPS) is 25.3. The summed E-state index contributed by atoms with van der Waals surface area (Å²) in [5.41, 5.74) is 2.54. The summed E-state index contributed by atoms with van der Waals surface area (Å²) in [6.45, 7) is 1.38. The van der Waals surface area contributed by atoms with E-state index in [4.69, 9.17) is 9.47 Å². The molecule has 0 amide bonds. The van der Waals surface area contributed by atoms with Gasteiger partial charge in [-0.05, 0) is 17.6 Å². The summed E-state index contributed by atoms with van der Waals surface area (Å²) in [5.74, 6) is -0.256. The van der Waals surface area contributed by atoms with Gasteiger partial charge in [-0.3, -0.25) is 0 Å². The topological polar surface area (TPSA) is 65.4 Å². The van der Waals surface area contributed by atoms with Crippen molar-refractivity contribution < 1.29 is 14.3 Å². The maximum absolute atomic E-state index is 12.9. The molecule has 0 saturated carbocycles. The van der Waals surface area contributed by atoms with Gasteiger partial charge in [0.2, 0.25) is 0 Å². The molecule has 26 heavy (non-hydrogen) atoms. The number of nitrogens with zero attached hydrogens (tertiary/aromatic N) is 2. The Bertz CT molecular complexity index is 925. The Hall–Kier alpha value is -2.22. The van der Waals surface area contributed by atoms with E-state index in [0.717, 1.165) is 29.4 Å². The number of aromatic nitrogens is 2. The molecule has 134 valence electrons. The van der Waals surface area contributed by atoms with Gasteiger partial charge in [0.15, 0.2) is 0 Å². The van der Waals surface area contributed by atoms with Gasteiger partial charge in [0.1, 0.15) is 6.10 Å². The summed E-state index contributed by atoms with van der Waals surface area (Å²) in [4.78, 5) is 12.9. The predicted molar refractivity (Wildman–Crippen MR) is 98.9 cm³/mol. The zero-order chi connectivity index (χ0) is 17.5. The van der Waals surface area contributed by atoms with Crippen LogP contribution in [-0.2, 0) is 9.47 Å². The van der Waals surface area contributed by atoms with E-state index >= 15 is 0 Å². The lowest BCUT2D eigenvalue weighted by atomic mass is 9.94. The molecule has 1 aromatic carbocycles. The van der Waals surface area contributed by atoms with E-state index in [1.807, 2.05) is 40.4 Å². The number of hydrogen-bond donors (Lipinski definition) is 1. The van der Waals surface area contributed by atoms with Crippen molar-refractivity contribution in [3.63, 3.8) is 0 Å². The fourth-order valence-corrected chi connectivity index (χ4v) is 4.48. The number of morpholine rings is 1. The lowest BCUT2D eigenvalue weighted by Gasteiger charge is -2.39. The zero-order valence-corrected chi connectivity index (χ0v) is 14.9. The van der Waals surface area contributed by atoms with E-state index in [1.54, 1.807) is 6.20 Å². The highest BCUT2D eigenvalue weighted by Crippen LogP contribution is 2.28. The molecule has 2 saturated heterocycles. The summed E-state index contributed by atoms with van der Waals surface area (Å²) in [6.07, 6.45) is 5.21. The number of piperidine rings is 1. The molecule has 4 heterocycles. The van der Waals surface area contributed by atoms with Gasteiger partial charge in [-0.15, -0.1) is 0 Å². The average Bonchev–Trinajstić information content (AvgIpc) is 3.29. The second-order valence-electron chi connectivity index (χ2n) is 6.91. The third-order valence-corrected chi connectivity index (χ3v) is 5.68. The number of ether oxygens (including phenoxy) is 2. The van der Waals surface area contributed by atoms with Crippen LogP contribution in [0.4, 0.5) is 0 Å². The summed E-state index contributed by atoms with van der Waals surface area (Å²) in [7, 11) is 0. The van der Waals surface area contributed by atoms with Crippen molar-refractivity contribution in [3.8, 4) is 5.69 Å². The molecule has 2 bridgehead atoms. The number of rotatable bonds is 3. The highest BCUT2D eigenvalue weighted by Gasteiger charge is 2.34. The van der Waals surface area contributed by atoms with Crippen LogP contribution in [0.2, 0.25) is 0 Å². The van der Waals surface area contributed by atoms with Crippen molar-refractivity contribution in [2.24, 2.45) is 0 Å². The lowest BCUT2D eigenvalue weighted by Crippen LogP contribution is -2.56. The Morgan fingerprint density at radius 1 is 1.27 bits per heavy atom. The molecule has 7 heteroatoms. The SMILES string of the molecule is O=C(OC1C[C@H]2COC[C@@H](C1)N2)c1cn(-c2cnsc2)c2ccccc12. The Morgan fingerprint density at radius 3 is 2.85 bits per heavy atom. The summed E-state index contributed by atoms with van der Waals surface area (Å²) in [5, 5.41) is 6.39. The lowest BCUT2D eigenvalue weighted by molar-refractivity contribution is -0.0339. The van der Waals surface area contributed by atoms with Gasteiger partial charge >= 0.3 is 5.97 Å². The van der Waals surface area contributed by atoms with Crippen LogP contribution in [0.1, 0.15) is 23.2 Å². The Balaban J connectivity index is 1.44. The van der Waals surface area contributed by atoms with Gasteiger partial charge in [0, 0.05) is 41.9 Å². The molecule has 0 spiro atoms. The van der Waals surface area contributed by atoms with Crippen molar-refractivity contribution in [1.82, 2.24) is 14.3 Å². The number of para-hydroxylation sites is 1. The molecule has 0 aliphatic carbocycles. The van der Waals surface area contributed by atoms with Gasteiger partial charge in [-0.1, -0.05) is 18.2 Å². The van der Waals surface area contributed by atoms with Crippen molar-refractivity contribution in [2.75, 3.05) is 13.2 Å². The number of esters is 1. The molecular formula is C19H19N3O3S. The predicted octanol–water partition coefficient (Wildman–Crippen LogP) is 2.76. The van der Waals surface area contributed by atoms with Crippen LogP contribution in [-0.4, -0.2) is 46.3 Å². The third kappa shape index (κ3) is 2.82. The van der Waals surface area contributed by atoms with Crippen LogP contribution >= 0.6 is 11.5 Å². The van der Waals surface area contributed by atoms with Crippen LogP contribution in [0.3, 0.4) is 0 Å². The highest BCUT2D eigenvalue weighted by atomic mass is 32.1. The standard InChI is InChI=1S/C19H19N3O3S/c23-19(25-15-5-12-9-24-10-13(6-15)21-12)17-8-22(14-7-20-26-11-14)18-4-2-1-3-16(17)18/h1-4,7-8,11-13,15,21H,5-6,9-10H2/t12-,13+,15?. The summed E-state index contributed by atoms with van der Waals surface area (Å²) in [6, 6.07) is 8.45. The third-order valence-electron chi connectivity index (χ3n) is 5.11. The minimum atomic E-state index is -0.256. The van der Waals surface area contributed by atoms with Crippen LogP contribution in [0.15, 0.2) is 42.0 Å². The van der Waals surface area contributed by atoms with E-state index in [2.05, 4.69) is 9.69 Å². The van der Waals surface area contributed by atoms with Crippen LogP contribution < -0.4 is 5.32 Å². The first-order valence-electron chi connectivity index (χ1n) is 8.82. The van der Waals surface area contributed by atoms with Gasteiger partial charge < -0.3 is 19.4 Å². The highest BCUT2D eigenvalue weighted by molar-refractivity contribution is 7.03. The van der Waals surface area contributed by atoms with E-state index in [1.165, 1.54) is 11.5 Å². The van der Waals surface area contributed by atoms with Crippen molar-refractivity contribution >= 4 is 28.4 Å². The van der Waals surface area contributed by atoms with E-state index < -0.39 is 0 Å². The first-order valence-corrected chi connectivity index (χ1v) is 9.66. The monoisotopic (exact) mass is 369 g/mol. The van der Waals surface area contributed by atoms with Gasteiger partial charge in [-0.2, -0.15) is 4.37 Å². The van der Waals surface area contributed by atoms with E-state index in [0.29, 0.717) is 18.8 Å². The van der Waals surface area contributed by atoms with Crippen molar-refractivity contribution in [2.45, 2.75) is 31.0 Å². The van der Waals surface area contributed by atoms with E-state index in [-0.39, 0.29) is 24.2 Å².